The Morgan fingerprint density at radius 3 is 1.92 bits per heavy atom. The number of carbonyl (C=O) groups excluding carboxylic acids is 2. The molecule has 0 aliphatic carbocycles. The number of aromatic hydroxyl groups is 1. The molecular weight excluding hydrogens is 513 g/mol. The Morgan fingerprint density at radius 2 is 1.38 bits per heavy atom. The highest BCUT2D eigenvalue weighted by molar-refractivity contribution is 5.99. The van der Waals surface area contributed by atoms with Gasteiger partial charge < -0.3 is 15.2 Å². The molecule has 1 amide bonds. The van der Waals surface area contributed by atoms with E-state index < -0.39 is 28.6 Å². The zero-order chi connectivity index (χ0) is 28.2. The molecule has 0 fully saturated rings. The van der Waals surface area contributed by atoms with E-state index in [9.17, 15) is 38.0 Å². The fourth-order valence-corrected chi connectivity index (χ4v) is 3.99. The largest absolute Gasteiger partial charge is 0.507 e. The van der Waals surface area contributed by atoms with Gasteiger partial charge in [-0.05, 0) is 70.6 Å². The lowest BCUT2D eigenvalue weighted by atomic mass is 9.99. The first-order chi connectivity index (χ1) is 18.5. The van der Waals surface area contributed by atoms with E-state index >= 15 is 0 Å². The van der Waals surface area contributed by atoms with Crippen molar-refractivity contribution in [3.63, 3.8) is 0 Å². The second-order valence-corrected chi connectivity index (χ2v) is 8.73. The molecule has 0 heterocycles. The zero-order valence-corrected chi connectivity index (χ0v) is 20.2. The maximum atomic E-state index is 12.9. The summed E-state index contributed by atoms with van der Waals surface area (Å²) < 4.78 is 38.6. The number of non-ortho nitro benzene ring substituents is 1. The van der Waals surface area contributed by atoms with Gasteiger partial charge in [0.1, 0.15) is 12.0 Å². The maximum absolute atomic E-state index is 12.9. The molecule has 0 unspecified atom stereocenters. The monoisotopic (exact) mass is 534 g/mol. The Labute approximate surface area is 220 Å². The first-order valence-electron chi connectivity index (χ1n) is 11.7. The predicted molar refractivity (Wildman–Crippen MR) is 138 cm³/mol. The van der Waals surface area contributed by atoms with E-state index in [1.165, 1.54) is 42.5 Å². The molecule has 0 aliphatic rings. The zero-order valence-electron chi connectivity index (χ0n) is 20.2. The molecule has 4 rings (SSSR count). The number of halogens is 3. The summed E-state index contributed by atoms with van der Waals surface area (Å²) in [6.45, 7) is 0. The van der Waals surface area contributed by atoms with Crippen molar-refractivity contribution in [2.45, 2.75) is 18.6 Å². The SMILES string of the molecule is O=C[C@H](Cc1ccc(-c2ccc([N+](=O)[O-])cc2)cc1)NC(=O)c1cc(-c2ccc(C(F)(F)F)cc2)ccc1O. The van der Waals surface area contributed by atoms with Gasteiger partial charge in [0.15, 0.2) is 0 Å². The van der Waals surface area contributed by atoms with Gasteiger partial charge in [0, 0.05) is 12.1 Å². The van der Waals surface area contributed by atoms with Gasteiger partial charge in [-0.15, -0.1) is 0 Å². The Kier molecular flexibility index (Phi) is 7.75. The van der Waals surface area contributed by atoms with Crippen molar-refractivity contribution in [1.29, 1.82) is 0 Å². The smallest absolute Gasteiger partial charge is 0.416 e. The van der Waals surface area contributed by atoms with Gasteiger partial charge in [-0.25, -0.2) is 0 Å². The van der Waals surface area contributed by atoms with Crippen LogP contribution >= 0.6 is 0 Å². The van der Waals surface area contributed by atoms with Crippen LogP contribution in [0.25, 0.3) is 22.3 Å². The Morgan fingerprint density at radius 1 is 0.872 bits per heavy atom. The molecule has 0 saturated carbocycles. The van der Waals surface area contributed by atoms with Crippen molar-refractivity contribution in [3.05, 3.63) is 118 Å². The molecule has 4 aromatic carbocycles. The van der Waals surface area contributed by atoms with Crippen LogP contribution in [-0.2, 0) is 17.4 Å². The van der Waals surface area contributed by atoms with E-state index in [0.717, 1.165) is 28.8 Å². The summed E-state index contributed by atoms with van der Waals surface area (Å²) in [7, 11) is 0. The molecule has 7 nitrogen and oxygen atoms in total. The molecule has 0 aliphatic heterocycles. The van der Waals surface area contributed by atoms with Gasteiger partial charge in [-0.1, -0.05) is 42.5 Å². The second kappa shape index (κ2) is 11.2. The second-order valence-electron chi connectivity index (χ2n) is 8.73. The predicted octanol–water partition coefficient (Wildman–Crippen LogP) is 6.19. The fourth-order valence-electron chi connectivity index (χ4n) is 3.99. The summed E-state index contributed by atoms with van der Waals surface area (Å²) in [5.74, 6) is -1.07. The van der Waals surface area contributed by atoms with Gasteiger partial charge in [0.2, 0.25) is 0 Å². The molecule has 198 valence electrons. The lowest BCUT2D eigenvalue weighted by Gasteiger charge is -2.15. The van der Waals surface area contributed by atoms with Crippen LogP contribution in [0.4, 0.5) is 18.9 Å². The number of hydrogen-bond donors (Lipinski definition) is 2. The highest BCUT2D eigenvalue weighted by Gasteiger charge is 2.30. The number of alkyl halides is 3. The molecule has 0 radical (unpaired) electrons. The highest BCUT2D eigenvalue weighted by atomic mass is 19.4. The number of amides is 1. The fraction of sp³-hybridized carbons (Fsp3) is 0.103. The van der Waals surface area contributed by atoms with Crippen LogP contribution in [0, 0.1) is 10.1 Å². The number of nitrogens with zero attached hydrogens (tertiary/aromatic N) is 1. The topological polar surface area (TPSA) is 110 Å². The molecular formula is C29H21F3N2O5. The summed E-state index contributed by atoms with van der Waals surface area (Å²) >= 11 is 0. The minimum atomic E-state index is -4.48. The van der Waals surface area contributed by atoms with E-state index in [0.29, 0.717) is 17.4 Å². The molecule has 0 aromatic heterocycles. The van der Waals surface area contributed by atoms with Crippen LogP contribution in [0.15, 0.2) is 91.0 Å². The lowest BCUT2D eigenvalue weighted by molar-refractivity contribution is -0.384. The number of phenolic OH excluding ortho intramolecular Hbond substituents is 1. The van der Waals surface area contributed by atoms with Gasteiger partial charge >= 0.3 is 6.18 Å². The summed E-state index contributed by atoms with van der Waals surface area (Å²) in [5, 5.41) is 23.6. The van der Waals surface area contributed by atoms with Gasteiger partial charge in [-0.2, -0.15) is 13.2 Å². The van der Waals surface area contributed by atoms with Crippen LogP contribution in [0.3, 0.4) is 0 Å². The number of phenols is 1. The van der Waals surface area contributed by atoms with E-state index in [4.69, 9.17) is 0 Å². The van der Waals surface area contributed by atoms with E-state index in [-0.39, 0.29) is 23.4 Å². The molecule has 39 heavy (non-hydrogen) atoms. The van der Waals surface area contributed by atoms with Crippen molar-refractivity contribution >= 4 is 17.9 Å². The van der Waals surface area contributed by atoms with E-state index in [1.54, 1.807) is 36.4 Å². The number of aldehydes is 1. The standard InChI is InChI=1S/C29H21F3N2O5/c30-29(31,32)23-10-5-21(6-11-23)22-9-14-27(36)26(16-22)28(37)33-24(17-35)15-18-1-3-19(4-2-18)20-7-12-25(13-8-20)34(38)39/h1-14,16-17,24,36H,15H2,(H,33,37)/t24-/m0/s1. The first kappa shape index (κ1) is 27.1. The molecule has 0 spiro atoms. The number of nitrogens with one attached hydrogen (secondary N) is 1. The number of rotatable bonds is 8. The third-order valence-electron chi connectivity index (χ3n) is 6.09. The van der Waals surface area contributed by atoms with Gasteiger partial charge in [0.05, 0.1) is 22.1 Å². The Bertz CT molecular complexity index is 1500. The van der Waals surface area contributed by atoms with Crippen LogP contribution < -0.4 is 5.32 Å². The molecule has 4 aromatic rings. The molecule has 10 heteroatoms. The van der Waals surface area contributed by atoms with Crippen molar-refractivity contribution in [2.24, 2.45) is 0 Å². The summed E-state index contributed by atoms with van der Waals surface area (Å²) in [5.41, 5.74) is 2.19. The number of nitro groups is 1. The summed E-state index contributed by atoms with van der Waals surface area (Å²) in [6.07, 6.45) is -3.75. The van der Waals surface area contributed by atoms with Crippen LogP contribution in [0.1, 0.15) is 21.5 Å². The highest BCUT2D eigenvalue weighted by Crippen LogP contribution is 2.32. The number of carbonyl (C=O) groups is 2. The number of benzene rings is 4. The van der Waals surface area contributed by atoms with Crippen molar-refractivity contribution in [3.8, 4) is 28.0 Å². The van der Waals surface area contributed by atoms with E-state index in [1.807, 2.05) is 0 Å². The maximum Gasteiger partial charge on any atom is 0.416 e. The minimum absolute atomic E-state index is 0.0177. The molecule has 2 N–H and O–H groups in total. The average molecular weight is 534 g/mol. The van der Waals surface area contributed by atoms with Crippen molar-refractivity contribution in [2.75, 3.05) is 0 Å². The average Bonchev–Trinajstić information content (AvgIpc) is 2.93. The minimum Gasteiger partial charge on any atom is -0.507 e. The van der Waals surface area contributed by atoms with Gasteiger partial charge in [-0.3, -0.25) is 14.9 Å². The molecule has 1 atom stereocenters. The van der Waals surface area contributed by atoms with E-state index in [2.05, 4.69) is 5.32 Å². The number of nitro benzene ring substituents is 1. The third-order valence-corrected chi connectivity index (χ3v) is 6.09. The van der Waals surface area contributed by atoms with Crippen molar-refractivity contribution in [1.82, 2.24) is 5.32 Å². The van der Waals surface area contributed by atoms with Gasteiger partial charge in [0.25, 0.3) is 11.6 Å². The lowest BCUT2D eigenvalue weighted by Crippen LogP contribution is -2.37. The molecule has 0 saturated heterocycles. The first-order valence-corrected chi connectivity index (χ1v) is 11.7. The Hall–Kier alpha value is -4.99. The Balaban J connectivity index is 1.45. The third kappa shape index (κ3) is 6.48. The molecule has 0 bridgehead atoms. The van der Waals surface area contributed by atoms with Crippen LogP contribution in [0.2, 0.25) is 0 Å². The summed E-state index contributed by atoms with van der Waals surface area (Å²) in [4.78, 5) is 34.9. The van der Waals surface area contributed by atoms with Crippen molar-refractivity contribution < 1.29 is 32.8 Å². The number of hydrogen-bond acceptors (Lipinski definition) is 5. The normalized spacial score (nSPS) is 12.0. The van der Waals surface area contributed by atoms with Crippen LogP contribution in [0.5, 0.6) is 5.75 Å². The van der Waals surface area contributed by atoms with Crippen LogP contribution in [-0.4, -0.2) is 28.3 Å². The summed E-state index contributed by atoms with van der Waals surface area (Å²) in [6, 6.07) is 20.7. The quantitative estimate of drug-likeness (QED) is 0.159.